The summed E-state index contributed by atoms with van der Waals surface area (Å²) >= 11 is 0. The fourth-order valence-electron chi connectivity index (χ4n) is 3.43. The van der Waals surface area contributed by atoms with Gasteiger partial charge in [-0.15, -0.1) is 11.5 Å². The summed E-state index contributed by atoms with van der Waals surface area (Å²) in [5.74, 6) is 3.77. The van der Waals surface area contributed by atoms with Crippen molar-refractivity contribution in [2.45, 2.75) is 76.6 Å². The Kier molecular flexibility index (Phi) is 4.58. The van der Waals surface area contributed by atoms with Gasteiger partial charge >= 0.3 is 0 Å². The van der Waals surface area contributed by atoms with Crippen molar-refractivity contribution in [2.75, 3.05) is 0 Å². The van der Waals surface area contributed by atoms with Gasteiger partial charge in [-0.25, -0.2) is 0 Å². The largest absolute Gasteiger partial charge is 0.385 e. The van der Waals surface area contributed by atoms with Gasteiger partial charge in [-0.1, -0.05) is 38.6 Å². The van der Waals surface area contributed by atoms with Crippen molar-refractivity contribution in [1.29, 1.82) is 0 Å². The highest BCUT2D eigenvalue weighted by molar-refractivity contribution is 6.83. The van der Waals surface area contributed by atoms with Gasteiger partial charge in [0.2, 0.25) is 0 Å². The van der Waals surface area contributed by atoms with E-state index in [1.54, 1.807) is 0 Å². The van der Waals surface area contributed by atoms with E-state index in [0.29, 0.717) is 5.92 Å². The number of hydrogen-bond acceptors (Lipinski definition) is 1. The first-order valence-electron chi connectivity index (χ1n) is 7.84. The Morgan fingerprint density at radius 3 is 2.74 bits per heavy atom. The quantitative estimate of drug-likeness (QED) is 0.453. The van der Waals surface area contributed by atoms with Crippen LogP contribution in [-0.2, 0) is 0 Å². The fraction of sp³-hybridized carbons (Fsp3) is 0.765. The van der Waals surface area contributed by atoms with Crippen LogP contribution in [0.1, 0.15) is 51.4 Å². The van der Waals surface area contributed by atoms with Gasteiger partial charge in [0.15, 0.2) is 0 Å². The third-order valence-corrected chi connectivity index (χ3v) is 5.37. The molecule has 2 rings (SSSR count). The van der Waals surface area contributed by atoms with Crippen LogP contribution in [-0.4, -0.2) is 18.8 Å². The van der Waals surface area contributed by atoms with Crippen molar-refractivity contribution in [3.63, 3.8) is 0 Å². The molecule has 0 unspecified atom stereocenters. The van der Waals surface area contributed by atoms with E-state index in [0.717, 1.165) is 32.1 Å². The molecule has 0 amide bonds. The summed E-state index contributed by atoms with van der Waals surface area (Å²) in [6.07, 6.45) is 11.2. The van der Waals surface area contributed by atoms with Crippen molar-refractivity contribution in [2.24, 2.45) is 5.92 Å². The zero-order valence-corrected chi connectivity index (χ0v) is 13.8. The van der Waals surface area contributed by atoms with Crippen molar-refractivity contribution in [3.8, 4) is 11.5 Å². The third-order valence-electron chi connectivity index (χ3n) is 4.44. The second kappa shape index (κ2) is 5.85. The summed E-state index contributed by atoms with van der Waals surface area (Å²) in [7, 11) is -1.28. The van der Waals surface area contributed by atoms with E-state index in [9.17, 15) is 5.11 Å². The van der Waals surface area contributed by atoms with Gasteiger partial charge in [-0.3, -0.25) is 0 Å². The average Bonchev–Trinajstić information content (AvgIpc) is 2.84. The van der Waals surface area contributed by atoms with E-state index in [1.807, 2.05) is 0 Å². The molecule has 19 heavy (non-hydrogen) atoms. The second-order valence-electron chi connectivity index (χ2n) is 7.24. The minimum absolute atomic E-state index is 0.370. The Bertz CT molecular complexity index is 407. The summed E-state index contributed by atoms with van der Waals surface area (Å²) in [5, 5.41) is 11.1. The maximum Gasteiger partial charge on any atom is 0.129 e. The fourth-order valence-corrected chi connectivity index (χ4v) is 4.06. The van der Waals surface area contributed by atoms with Crippen molar-refractivity contribution < 1.29 is 5.11 Å². The summed E-state index contributed by atoms with van der Waals surface area (Å²) in [4.78, 5) is 0. The molecule has 0 heterocycles. The van der Waals surface area contributed by atoms with E-state index in [-0.39, 0.29) is 0 Å². The molecule has 0 aromatic rings. The summed E-state index contributed by atoms with van der Waals surface area (Å²) < 4.78 is 0. The van der Waals surface area contributed by atoms with Gasteiger partial charge in [-0.05, 0) is 37.7 Å². The Morgan fingerprint density at radius 2 is 2.11 bits per heavy atom. The highest BCUT2D eigenvalue weighted by Gasteiger charge is 2.41. The monoisotopic (exact) mass is 276 g/mol. The molecule has 1 fully saturated rings. The SMILES string of the molecule is C[Si](C)(C)C#CC[C@@H]1CCCC[C@@]1(O)C1=CCCC1. The molecule has 2 aliphatic carbocycles. The highest BCUT2D eigenvalue weighted by Crippen LogP contribution is 2.44. The van der Waals surface area contributed by atoms with Crippen LogP contribution in [0.4, 0.5) is 0 Å². The van der Waals surface area contributed by atoms with Gasteiger partial charge in [0, 0.05) is 12.3 Å². The van der Waals surface area contributed by atoms with Crippen molar-refractivity contribution >= 4 is 8.07 Å². The molecule has 0 spiro atoms. The lowest BCUT2D eigenvalue weighted by molar-refractivity contribution is -0.0150. The zero-order valence-electron chi connectivity index (χ0n) is 12.8. The molecule has 0 saturated heterocycles. The van der Waals surface area contributed by atoms with Crippen LogP contribution < -0.4 is 0 Å². The molecule has 0 aromatic heterocycles. The molecule has 106 valence electrons. The molecule has 1 N–H and O–H groups in total. The van der Waals surface area contributed by atoms with E-state index < -0.39 is 13.7 Å². The topological polar surface area (TPSA) is 20.2 Å². The third kappa shape index (κ3) is 3.74. The lowest BCUT2D eigenvalue weighted by Crippen LogP contribution is -2.42. The molecule has 2 atom stereocenters. The van der Waals surface area contributed by atoms with Gasteiger partial charge < -0.3 is 5.11 Å². The average molecular weight is 276 g/mol. The maximum atomic E-state index is 11.1. The number of hydrogen-bond donors (Lipinski definition) is 1. The van der Waals surface area contributed by atoms with Gasteiger partial charge in [-0.2, -0.15) is 0 Å². The minimum atomic E-state index is -1.28. The second-order valence-corrected chi connectivity index (χ2v) is 12.0. The minimum Gasteiger partial charge on any atom is -0.385 e. The lowest BCUT2D eigenvalue weighted by Gasteiger charge is -2.40. The Balaban J connectivity index is 2.09. The summed E-state index contributed by atoms with van der Waals surface area (Å²) in [6.45, 7) is 6.85. The van der Waals surface area contributed by atoms with E-state index in [1.165, 1.54) is 24.8 Å². The summed E-state index contributed by atoms with van der Waals surface area (Å²) in [6, 6.07) is 0. The lowest BCUT2D eigenvalue weighted by atomic mass is 9.70. The highest BCUT2D eigenvalue weighted by atomic mass is 28.3. The maximum absolute atomic E-state index is 11.1. The molecule has 1 saturated carbocycles. The molecule has 0 aromatic carbocycles. The number of rotatable bonds is 2. The van der Waals surface area contributed by atoms with Crippen LogP contribution in [0.15, 0.2) is 11.6 Å². The van der Waals surface area contributed by atoms with E-state index >= 15 is 0 Å². The zero-order chi connectivity index (χ0) is 13.9. The molecule has 0 radical (unpaired) electrons. The first kappa shape index (κ1) is 14.9. The standard InChI is InChI=1S/C17H28OSi/c1-19(2,3)14-8-12-16-11-6-7-13-17(16,18)15-9-4-5-10-15/h9,16,18H,4-7,10-13H2,1-3H3/t16-,17+/m0/s1. The van der Waals surface area contributed by atoms with Crippen LogP contribution >= 0.6 is 0 Å². The number of allylic oxidation sites excluding steroid dienone is 1. The van der Waals surface area contributed by atoms with Crippen LogP contribution in [0.5, 0.6) is 0 Å². The van der Waals surface area contributed by atoms with Gasteiger partial charge in [0.25, 0.3) is 0 Å². The number of aliphatic hydroxyl groups is 1. The normalized spacial score (nSPS) is 31.6. The van der Waals surface area contributed by atoms with E-state index in [4.69, 9.17) is 0 Å². The first-order chi connectivity index (χ1) is 8.92. The Hall–Kier alpha value is -0.523. The molecule has 0 aliphatic heterocycles. The first-order valence-corrected chi connectivity index (χ1v) is 11.3. The van der Waals surface area contributed by atoms with E-state index in [2.05, 4.69) is 37.2 Å². The summed E-state index contributed by atoms with van der Waals surface area (Å²) in [5.41, 5.74) is 4.26. The van der Waals surface area contributed by atoms with Gasteiger partial charge in [0.05, 0.1) is 5.60 Å². The van der Waals surface area contributed by atoms with Crippen LogP contribution in [0.3, 0.4) is 0 Å². The molecule has 2 heteroatoms. The predicted molar refractivity (Wildman–Crippen MR) is 84.6 cm³/mol. The predicted octanol–water partition coefficient (Wildman–Crippen LogP) is 4.29. The van der Waals surface area contributed by atoms with Crippen LogP contribution in [0, 0.1) is 17.4 Å². The Morgan fingerprint density at radius 1 is 1.32 bits per heavy atom. The van der Waals surface area contributed by atoms with Crippen LogP contribution in [0.25, 0.3) is 0 Å². The van der Waals surface area contributed by atoms with Crippen molar-refractivity contribution in [1.82, 2.24) is 0 Å². The molecule has 1 nitrogen and oxygen atoms in total. The van der Waals surface area contributed by atoms with Gasteiger partial charge in [0.1, 0.15) is 8.07 Å². The van der Waals surface area contributed by atoms with Crippen molar-refractivity contribution in [3.05, 3.63) is 11.6 Å². The molecular weight excluding hydrogens is 248 g/mol. The molecule has 0 bridgehead atoms. The molecule has 2 aliphatic rings. The molecular formula is C17H28OSi. The van der Waals surface area contributed by atoms with Crippen LogP contribution in [0.2, 0.25) is 19.6 Å². The Labute approximate surface area is 119 Å². The smallest absolute Gasteiger partial charge is 0.129 e.